The maximum Gasteiger partial charge on any atom is 0.227 e. The molecule has 0 aliphatic carbocycles. The Bertz CT molecular complexity index is 1040. The molecule has 0 bridgehead atoms. The summed E-state index contributed by atoms with van der Waals surface area (Å²) in [4.78, 5) is 2.20. The largest absolute Gasteiger partial charge is 0.435 e. The van der Waals surface area contributed by atoms with Gasteiger partial charge in [0, 0.05) is 19.1 Å². The fraction of sp³-hybridized carbons (Fsp3) is 0.444. The van der Waals surface area contributed by atoms with Crippen molar-refractivity contribution in [3.8, 4) is 17.3 Å². The molecule has 184 valence electrons. The smallest absolute Gasteiger partial charge is 0.227 e. The van der Waals surface area contributed by atoms with Crippen molar-refractivity contribution in [1.29, 1.82) is 0 Å². The first-order valence-corrected chi connectivity index (χ1v) is 11.9. The molecule has 1 N–H and O–H groups in total. The Balaban J connectivity index is 1.98. The zero-order valence-corrected chi connectivity index (χ0v) is 20.7. The highest BCUT2D eigenvalue weighted by molar-refractivity contribution is 5.43. The minimum Gasteiger partial charge on any atom is -0.435 e. The number of aliphatic hydroxyl groups is 1. The average Bonchev–Trinajstić information content (AvgIpc) is 3.13. The maximum absolute atomic E-state index is 14.5. The standard InChI is InChI=1S/C27H36FN3O3/c1-6-20(4)30(16-23(32)18-33-19(2)3)17-24-21(5)29-31(22-12-8-7-9-13-22)27(24)34-26-15-11-10-14-25(26)28/h7-15,19-20,23,32H,6,16-18H2,1-5H3/t20-,23+/m0/s1. The maximum atomic E-state index is 14.5. The van der Waals surface area contributed by atoms with E-state index in [0.717, 1.165) is 23.4 Å². The van der Waals surface area contributed by atoms with Gasteiger partial charge in [0.2, 0.25) is 5.88 Å². The van der Waals surface area contributed by atoms with Gasteiger partial charge in [0.25, 0.3) is 0 Å². The molecule has 0 unspecified atom stereocenters. The van der Waals surface area contributed by atoms with Crippen LogP contribution in [0, 0.1) is 12.7 Å². The van der Waals surface area contributed by atoms with E-state index < -0.39 is 11.9 Å². The van der Waals surface area contributed by atoms with Gasteiger partial charge in [-0.1, -0.05) is 37.3 Å². The van der Waals surface area contributed by atoms with Crippen LogP contribution in [-0.2, 0) is 11.3 Å². The van der Waals surface area contributed by atoms with Gasteiger partial charge in [0.15, 0.2) is 11.6 Å². The number of aliphatic hydroxyl groups excluding tert-OH is 1. The molecule has 34 heavy (non-hydrogen) atoms. The third-order valence-electron chi connectivity index (χ3n) is 5.82. The number of aromatic nitrogens is 2. The molecule has 0 aliphatic rings. The molecule has 0 radical (unpaired) electrons. The quantitative estimate of drug-likeness (QED) is 0.380. The Morgan fingerprint density at radius 2 is 1.74 bits per heavy atom. The second-order valence-corrected chi connectivity index (χ2v) is 8.87. The molecule has 3 aromatic rings. The average molecular weight is 470 g/mol. The van der Waals surface area contributed by atoms with E-state index >= 15 is 0 Å². The minimum atomic E-state index is -0.628. The summed E-state index contributed by atoms with van der Waals surface area (Å²) in [6.07, 6.45) is 0.336. The number of aryl methyl sites for hydroxylation is 1. The molecule has 6 nitrogen and oxygen atoms in total. The van der Waals surface area contributed by atoms with E-state index in [0.29, 0.717) is 19.0 Å². The van der Waals surface area contributed by atoms with E-state index in [9.17, 15) is 9.50 Å². The van der Waals surface area contributed by atoms with Crippen molar-refractivity contribution >= 4 is 0 Å². The third-order valence-corrected chi connectivity index (χ3v) is 5.82. The van der Waals surface area contributed by atoms with Crippen molar-refractivity contribution in [3.05, 3.63) is 71.7 Å². The monoisotopic (exact) mass is 469 g/mol. The van der Waals surface area contributed by atoms with Crippen LogP contribution in [0.25, 0.3) is 5.69 Å². The highest BCUT2D eigenvalue weighted by Gasteiger charge is 2.25. The normalized spacial score (nSPS) is 13.4. The van der Waals surface area contributed by atoms with E-state index in [1.807, 2.05) is 51.1 Å². The Hall–Kier alpha value is -2.74. The van der Waals surface area contributed by atoms with Gasteiger partial charge in [-0.2, -0.15) is 5.10 Å². The molecule has 0 saturated carbocycles. The predicted molar refractivity (Wildman–Crippen MR) is 132 cm³/mol. The molecule has 3 rings (SSSR count). The SMILES string of the molecule is CC[C@H](C)N(Cc1c(C)nn(-c2ccccc2)c1Oc1ccccc1F)C[C@@H](O)COC(C)C. The summed E-state index contributed by atoms with van der Waals surface area (Å²) in [7, 11) is 0. The van der Waals surface area contributed by atoms with Gasteiger partial charge in [-0.05, 0) is 58.4 Å². The lowest BCUT2D eigenvalue weighted by molar-refractivity contribution is -0.0150. The molecule has 0 saturated heterocycles. The predicted octanol–water partition coefficient (Wildman–Crippen LogP) is 5.50. The lowest BCUT2D eigenvalue weighted by atomic mass is 10.1. The van der Waals surface area contributed by atoms with Gasteiger partial charge < -0.3 is 14.6 Å². The van der Waals surface area contributed by atoms with Crippen molar-refractivity contribution < 1.29 is 19.0 Å². The Kier molecular flexibility index (Phi) is 9.21. The van der Waals surface area contributed by atoms with E-state index in [4.69, 9.17) is 14.6 Å². The summed E-state index contributed by atoms with van der Waals surface area (Å²) < 4.78 is 28.0. The first-order chi connectivity index (χ1) is 16.3. The molecule has 0 fully saturated rings. The van der Waals surface area contributed by atoms with Crippen LogP contribution < -0.4 is 4.74 Å². The Morgan fingerprint density at radius 3 is 2.38 bits per heavy atom. The number of ether oxygens (including phenoxy) is 2. The summed E-state index contributed by atoms with van der Waals surface area (Å²) in [5.74, 6) is 0.170. The topological polar surface area (TPSA) is 59.8 Å². The Morgan fingerprint density at radius 1 is 1.06 bits per heavy atom. The summed E-state index contributed by atoms with van der Waals surface area (Å²) in [6.45, 7) is 11.3. The molecular weight excluding hydrogens is 433 g/mol. The minimum absolute atomic E-state index is 0.0545. The van der Waals surface area contributed by atoms with Crippen LogP contribution in [0.15, 0.2) is 54.6 Å². The molecular formula is C27H36FN3O3. The lowest BCUT2D eigenvalue weighted by Gasteiger charge is -2.30. The summed E-state index contributed by atoms with van der Waals surface area (Å²) in [5, 5.41) is 15.4. The molecule has 0 amide bonds. The fourth-order valence-electron chi connectivity index (χ4n) is 3.69. The second-order valence-electron chi connectivity index (χ2n) is 8.87. The molecule has 0 aliphatic heterocycles. The molecule has 2 atom stereocenters. The molecule has 7 heteroatoms. The van der Waals surface area contributed by atoms with E-state index in [1.165, 1.54) is 6.07 Å². The number of nitrogens with zero attached hydrogens (tertiary/aromatic N) is 3. The van der Waals surface area contributed by atoms with Crippen molar-refractivity contribution in [2.75, 3.05) is 13.2 Å². The summed E-state index contributed by atoms with van der Waals surface area (Å²) in [6, 6.07) is 16.2. The van der Waals surface area contributed by atoms with Gasteiger partial charge in [-0.25, -0.2) is 9.07 Å². The van der Waals surface area contributed by atoms with Crippen molar-refractivity contribution in [1.82, 2.24) is 14.7 Å². The van der Waals surface area contributed by atoms with E-state index in [2.05, 4.69) is 18.7 Å². The van der Waals surface area contributed by atoms with Crippen LogP contribution in [-0.4, -0.2) is 51.2 Å². The van der Waals surface area contributed by atoms with E-state index in [1.54, 1.807) is 22.9 Å². The summed E-state index contributed by atoms with van der Waals surface area (Å²) >= 11 is 0. The van der Waals surface area contributed by atoms with Crippen molar-refractivity contribution in [2.45, 2.75) is 65.8 Å². The van der Waals surface area contributed by atoms with Crippen molar-refractivity contribution in [2.24, 2.45) is 0 Å². The molecule has 1 heterocycles. The number of benzene rings is 2. The van der Waals surface area contributed by atoms with Crippen LogP contribution in [0.3, 0.4) is 0 Å². The fourth-order valence-corrected chi connectivity index (χ4v) is 3.69. The highest BCUT2D eigenvalue weighted by Crippen LogP contribution is 2.33. The number of hydrogen-bond donors (Lipinski definition) is 1. The number of rotatable bonds is 12. The van der Waals surface area contributed by atoms with Crippen LogP contribution >= 0.6 is 0 Å². The zero-order chi connectivity index (χ0) is 24.7. The zero-order valence-electron chi connectivity index (χ0n) is 20.7. The third kappa shape index (κ3) is 6.65. The van der Waals surface area contributed by atoms with Gasteiger partial charge in [-0.3, -0.25) is 4.90 Å². The van der Waals surface area contributed by atoms with E-state index in [-0.39, 0.29) is 24.5 Å². The van der Waals surface area contributed by atoms with Crippen molar-refractivity contribution in [3.63, 3.8) is 0 Å². The summed E-state index contributed by atoms with van der Waals surface area (Å²) in [5.41, 5.74) is 2.46. The molecule has 0 spiro atoms. The first kappa shape index (κ1) is 25.9. The first-order valence-electron chi connectivity index (χ1n) is 11.9. The van der Waals surface area contributed by atoms with Crippen LogP contribution in [0.2, 0.25) is 0 Å². The Labute approximate surface area is 201 Å². The number of halogens is 1. The molecule has 1 aromatic heterocycles. The molecule has 2 aromatic carbocycles. The highest BCUT2D eigenvalue weighted by atomic mass is 19.1. The van der Waals surface area contributed by atoms with Crippen LogP contribution in [0.5, 0.6) is 11.6 Å². The van der Waals surface area contributed by atoms with Crippen LogP contribution in [0.1, 0.15) is 45.4 Å². The number of hydrogen-bond acceptors (Lipinski definition) is 5. The van der Waals surface area contributed by atoms with Gasteiger partial charge in [-0.15, -0.1) is 0 Å². The van der Waals surface area contributed by atoms with Gasteiger partial charge >= 0.3 is 0 Å². The lowest BCUT2D eigenvalue weighted by Crippen LogP contribution is -2.40. The number of para-hydroxylation sites is 2. The second kappa shape index (κ2) is 12.1. The van der Waals surface area contributed by atoms with Gasteiger partial charge in [0.05, 0.1) is 35.8 Å². The van der Waals surface area contributed by atoms with Crippen LogP contribution in [0.4, 0.5) is 4.39 Å². The van der Waals surface area contributed by atoms with Gasteiger partial charge in [0.1, 0.15) is 0 Å².